The monoisotopic (exact) mass is 435 g/mol. The predicted octanol–water partition coefficient (Wildman–Crippen LogP) is 3.29. The van der Waals surface area contributed by atoms with Crippen molar-refractivity contribution in [3.8, 4) is 0 Å². The van der Waals surface area contributed by atoms with Gasteiger partial charge in [-0.2, -0.15) is 0 Å². The van der Waals surface area contributed by atoms with Crippen LogP contribution in [0.3, 0.4) is 0 Å². The van der Waals surface area contributed by atoms with E-state index in [0.29, 0.717) is 43.7 Å². The SMILES string of the molecule is CCOC(=O)N1CCN(C(=O)CSc2nnc(Nc3ccc(C)c(C)c3)s2)CC1. The number of nitrogens with one attached hydrogen (secondary N) is 1. The number of hydrogen-bond acceptors (Lipinski definition) is 8. The van der Waals surface area contributed by atoms with E-state index in [4.69, 9.17) is 4.74 Å². The number of nitrogens with zero attached hydrogens (tertiary/aromatic N) is 4. The minimum absolute atomic E-state index is 0.0392. The van der Waals surface area contributed by atoms with Gasteiger partial charge in [-0.05, 0) is 44.0 Å². The molecule has 1 saturated heterocycles. The Hall–Kier alpha value is -2.33. The number of benzene rings is 1. The summed E-state index contributed by atoms with van der Waals surface area (Å²) in [6.45, 7) is 8.33. The maximum atomic E-state index is 12.5. The van der Waals surface area contributed by atoms with E-state index in [0.717, 1.165) is 10.0 Å². The van der Waals surface area contributed by atoms with E-state index in [2.05, 4.69) is 41.5 Å². The van der Waals surface area contributed by atoms with Crippen molar-refractivity contribution in [1.29, 1.82) is 0 Å². The Morgan fingerprint density at radius 3 is 2.55 bits per heavy atom. The van der Waals surface area contributed by atoms with Gasteiger partial charge in [0.25, 0.3) is 0 Å². The molecule has 0 unspecified atom stereocenters. The molecule has 156 valence electrons. The van der Waals surface area contributed by atoms with Crippen LogP contribution in [0.5, 0.6) is 0 Å². The van der Waals surface area contributed by atoms with Crippen molar-refractivity contribution in [3.05, 3.63) is 29.3 Å². The van der Waals surface area contributed by atoms with Gasteiger partial charge in [0.05, 0.1) is 12.4 Å². The van der Waals surface area contributed by atoms with Gasteiger partial charge in [-0.25, -0.2) is 4.79 Å². The Morgan fingerprint density at radius 1 is 1.14 bits per heavy atom. The molecule has 2 amide bonds. The first-order valence-electron chi connectivity index (χ1n) is 9.46. The Morgan fingerprint density at radius 2 is 1.86 bits per heavy atom. The first-order valence-corrected chi connectivity index (χ1v) is 11.3. The molecule has 8 nitrogen and oxygen atoms in total. The maximum absolute atomic E-state index is 12.5. The van der Waals surface area contributed by atoms with Crippen LogP contribution in [0.2, 0.25) is 0 Å². The fourth-order valence-electron chi connectivity index (χ4n) is 2.83. The number of piperazine rings is 1. The number of aromatic nitrogens is 2. The fourth-order valence-corrected chi connectivity index (χ4v) is 4.50. The van der Waals surface area contributed by atoms with Crippen molar-refractivity contribution in [2.75, 3.05) is 43.9 Å². The number of anilines is 2. The highest BCUT2D eigenvalue weighted by Gasteiger charge is 2.25. The first kappa shape index (κ1) is 21.4. The van der Waals surface area contributed by atoms with Gasteiger partial charge in [-0.3, -0.25) is 4.79 Å². The molecule has 0 aliphatic carbocycles. The molecule has 1 N–H and O–H groups in total. The quantitative estimate of drug-likeness (QED) is 0.697. The minimum atomic E-state index is -0.313. The zero-order chi connectivity index (χ0) is 20.8. The molecule has 1 aliphatic heterocycles. The highest BCUT2D eigenvalue weighted by molar-refractivity contribution is 8.01. The van der Waals surface area contributed by atoms with Crippen LogP contribution < -0.4 is 5.32 Å². The molecule has 1 aromatic carbocycles. The lowest BCUT2D eigenvalue weighted by Gasteiger charge is -2.33. The average Bonchev–Trinajstić information content (AvgIpc) is 3.16. The summed E-state index contributed by atoms with van der Waals surface area (Å²) in [5.41, 5.74) is 3.42. The van der Waals surface area contributed by atoms with Crippen molar-refractivity contribution in [1.82, 2.24) is 20.0 Å². The summed E-state index contributed by atoms with van der Waals surface area (Å²) < 4.78 is 5.74. The third-order valence-electron chi connectivity index (χ3n) is 4.64. The largest absolute Gasteiger partial charge is 0.450 e. The molecule has 3 rings (SSSR count). The molecule has 0 saturated carbocycles. The molecule has 2 heterocycles. The highest BCUT2D eigenvalue weighted by atomic mass is 32.2. The zero-order valence-electron chi connectivity index (χ0n) is 16.8. The van der Waals surface area contributed by atoms with Crippen LogP contribution in [0.1, 0.15) is 18.1 Å². The van der Waals surface area contributed by atoms with Gasteiger partial charge in [-0.1, -0.05) is 29.2 Å². The van der Waals surface area contributed by atoms with E-state index in [-0.39, 0.29) is 12.0 Å². The topological polar surface area (TPSA) is 87.7 Å². The van der Waals surface area contributed by atoms with Gasteiger partial charge < -0.3 is 19.9 Å². The van der Waals surface area contributed by atoms with E-state index in [1.54, 1.807) is 16.7 Å². The number of thioether (sulfide) groups is 1. The number of carbonyl (C=O) groups excluding carboxylic acids is 2. The smallest absolute Gasteiger partial charge is 0.409 e. The van der Waals surface area contributed by atoms with Crippen molar-refractivity contribution >= 4 is 45.9 Å². The summed E-state index contributed by atoms with van der Waals surface area (Å²) in [4.78, 5) is 27.6. The fraction of sp³-hybridized carbons (Fsp3) is 0.474. The van der Waals surface area contributed by atoms with E-state index in [9.17, 15) is 9.59 Å². The van der Waals surface area contributed by atoms with Crippen molar-refractivity contribution in [2.45, 2.75) is 25.1 Å². The van der Waals surface area contributed by atoms with Gasteiger partial charge in [-0.15, -0.1) is 10.2 Å². The van der Waals surface area contributed by atoms with E-state index in [1.807, 2.05) is 6.07 Å². The normalized spacial score (nSPS) is 14.0. The van der Waals surface area contributed by atoms with E-state index < -0.39 is 0 Å². The standard InChI is InChI=1S/C19H25N5O3S2/c1-4-27-19(26)24-9-7-23(8-10-24)16(25)12-28-18-22-21-17(29-18)20-15-6-5-13(2)14(3)11-15/h5-6,11H,4,7-10,12H2,1-3H3,(H,20,21). The molecular weight excluding hydrogens is 410 g/mol. The third-order valence-corrected chi connectivity index (χ3v) is 6.60. The number of amides is 2. The molecule has 1 fully saturated rings. The van der Waals surface area contributed by atoms with Crippen LogP contribution in [-0.4, -0.2) is 70.5 Å². The summed E-state index contributed by atoms with van der Waals surface area (Å²) in [5, 5.41) is 12.3. The van der Waals surface area contributed by atoms with E-state index >= 15 is 0 Å². The van der Waals surface area contributed by atoms with Crippen molar-refractivity contribution in [3.63, 3.8) is 0 Å². The second-order valence-electron chi connectivity index (χ2n) is 6.65. The van der Waals surface area contributed by atoms with Gasteiger partial charge >= 0.3 is 6.09 Å². The molecule has 2 aromatic rings. The molecule has 0 radical (unpaired) electrons. The minimum Gasteiger partial charge on any atom is -0.450 e. The Balaban J connectivity index is 1.45. The number of rotatable bonds is 6. The summed E-state index contributed by atoms with van der Waals surface area (Å²) in [6.07, 6.45) is -0.313. The van der Waals surface area contributed by atoms with Gasteiger partial charge in [0.15, 0.2) is 4.34 Å². The zero-order valence-corrected chi connectivity index (χ0v) is 18.4. The van der Waals surface area contributed by atoms with Crippen LogP contribution >= 0.6 is 23.1 Å². The lowest BCUT2D eigenvalue weighted by atomic mass is 10.1. The lowest BCUT2D eigenvalue weighted by Crippen LogP contribution is -2.51. The third kappa shape index (κ3) is 5.83. The van der Waals surface area contributed by atoms with Crippen LogP contribution in [0.4, 0.5) is 15.6 Å². The van der Waals surface area contributed by atoms with Crippen molar-refractivity contribution < 1.29 is 14.3 Å². The average molecular weight is 436 g/mol. The summed E-state index contributed by atoms with van der Waals surface area (Å²) in [6, 6.07) is 6.15. The molecule has 0 atom stereocenters. The van der Waals surface area contributed by atoms with E-state index in [1.165, 1.54) is 34.2 Å². The molecule has 29 heavy (non-hydrogen) atoms. The van der Waals surface area contributed by atoms with Crippen LogP contribution in [0.15, 0.2) is 22.5 Å². The van der Waals surface area contributed by atoms with Crippen LogP contribution in [0.25, 0.3) is 0 Å². The van der Waals surface area contributed by atoms with Crippen molar-refractivity contribution in [2.24, 2.45) is 0 Å². The molecular formula is C19H25N5O3S2. The molecule has 0 bridgehead atoms. The number of hydrogen-bond donors (Lipinski definition) is 1. The second-order valence-corrected chi connectivity index (χ2v) is 8.85. The molecule has 1 aliphatic rings. The van der Waals surface area contributed by atoms with Gasteiger partial charge in [0, 0.05) is 31.9 Å². The summed E-state index contributed by atoms with van der Waals surface area (Å²) >= 11 is 2.81. The maximum Gasteiger partial charge on any atom is 0.409 e. The number of aryl methyl sites for hydroxylation is 2. The van der Waals surface area contributed by atoms with Gasteiger partial charge in [0.1, 0.15) is 0 Å². The Labute approximate surface area is 178 Å². The van der Waals surface area contributed by atoms with Crippen LogP contribution in [0, 0.1) is 13.8 Å². The predicted molar refractivity (Wildman–Crippen MR) is 115 cm³/mol. The van der Waals surface area contributed by atoms with Crippen LogP contribution in [-0.2, 0) is 9.53 Å². The number of ether oxygens (including phenoxy) is 1. The van der Waals surface area contributed by atoms with Gasteiger partial charge in [0.2, 0.25) is 11.0 Å². The Bertz CT molecular complexity index is 865. The Kier molecular flexibility index (Phi) is 7.32. The summed E-state index contributed by atoms with van der Waals surface area (Å²) in [5.74, 6) is 0.342. The first-order chi connectivity index (χ1) is 14.0. The molecule has 1 aromatic heterocycles. The number of carbonyl (C=O) groups is 2. The summed E-state index contributed by atoms with van der Waals surface area (Å²) in [7, 11) is 0. The molecule has 0 spiro atoms. The highest BCUT2D eigenvalue weighted by Crippen LogP contribution is 2.28. The second kappa shape index (κ2) is 9.93. The molecule has 10 heteroatoms. The lowest BCUT2D eigenvalue weighted by molar-refractivity contribution is -0.129.